The van der Waals surface area contributed by atoms with Crippen molar-refractivity contribution in [3.8, 4) is 0 Å². The molecule has 0 aromatic heterocycles. The number of carboxylic acids is 1. The van der Waals surface area contributed by atoms with E-state index in [2.05, 4.69) is 0 Å². The lowest BCUT2D eigenvalue weighted by Gasteiger charge is -2.20. The Balaban J connectivity index is 2.06. The van der Waals surface area contributed by atoms with Crippen molar-refractivity contribution in [2.24, 2.45) is 5.73 Å². The van der Waals surface area contributed by atoms with Gasteiger partial charge in [-0.2, -0.15) is 0 Å². The molecule has 2 amide bonds. The number of nitrogens with two attached hydrogens (primary N) is 1. The second kappa shape index (κ2) is 6.63. The number of aliphatic carboxylic acids is 1. The van der Waals surface area contributed by atoms with Crippen molar-refractivity contribution in [3.05, 3.63) is 35.9 Å². The van der Waals surface area contributed by atoms with Crippen molar-refractivity contribution < 1.29 is 27.9 Å². The zero-order valence-electron chi connectivity index (χ0n) is 14.3. The molecule has 0 unspecified atom stereocenters. The normalized spacial score (nSPS) is 14.6. The molecule has 3 N–H and O–H groups in total. The number of primary amides is 1. The van der Waals surface area contributed by atoms with Crippen LogP contribution >= 0.6 is 0 Å². The fraction of sp³-hybridized carbons (Fsp3) is 0.235. The molecule has 142 valence electrons. The highest BCUT2D eigenvalue weighted by Crippen LogP contribution is 2.39. The van der Waals surface area contributed by atoms with Crippen LogP contribution in [0.15, 0.2) is 35.2 Å². The maximum Gasteiger partial charge on any atom is 0.258 e. The molecule has 9 nitrogen and oxygen atoms in total. The minimum absolute atomic E-state index is 0.170. The monoisotopic (exact) mass is 390 g/mol. The molecule has 27 heavy (non-hydrogen) atoms. The van der Waals surface area contributed by atoms with Gasteiger partial charge in [-0.3, -0.25) is 9.59 Å². The zero-order chi connectivity index (χ0) is 19.9. The van der Waals surface area contributed by atoms with Gasteiger partial charge in [0.2, 0.25) is 15.9 Å². The number of nitrogens with one attached hydrogen (secondary N) is 1. The Kier molecular flexibility index (Phi) is 4.62. The number of carboxylic acid groups (broad SMARTS) is 1. The van der Waals surface area contributed by atoms with E-state index in [1.165, 1.54) is 17.0 Å². The molecule has 0 saturated heterocycles. The topological polar surface area (TPSA) is 150 Å². The molecule has 2 aromatic rings. The summed E-state index contributed by atoms with van der Waals surface area (Å²) >= 11 is 0. The maximum absolute atomic E-state index is 12.8. The first-order chi connectivity index (χ1) is 12.6. The minimum atomic E-state index is -4.27. The molecule has 10 heteroatoms. The fourth-order valence-corrected chi connectivity index (χ4v) is 4.53. The van der Waals surface area contributed by atoms with Crippen LogP contribution in [-0.4, -0.2) is 39.3 Å². The van der Waals surface area contributed by atoms with Crippen LogP contribution in [0.4, 0.5) is 5.69 Å². The molecule has 0 aliphatic carbocycles. The Hall–Kier alpha value is -2.98. The second-order valence-corrected chi connectivity index (χ2v) is 7.86. The van der Waals surface area contributed by atoms with Gasteiger partial charge in [0.05, 0.1) is 22.6 Å². The molecule has 3 rings (SSSR count). The zero-order valence-corrected chi connectivity index (χ0v) is 15.1. The van der Waals surface area contributed by atoms with Gasteiger partial charge in [0.15, 0.2) is 0 Å². The van der Waals surface area contributed by atoms with E-state index in [9.17, 15) is 27.9 Å². The lowest BCUT2D eigenvalue weighted by molar-refractivity contribution is -0.308. The molecule has 1 heterocycles. The van der Waals surface area contributed by atoms with Crippen LogP contribution in [0.2, 0.25) is 0 Å². The Morgan fingerprint density at radius 3 is 2.59 bits per heavy atom. The molecular formula is C17H16N3O6S-. The number of anilines is 1. The van der Waals surface area contributed by atoms with Gasteiger partial charge in [-0.1, -0.05) is 12.1 Å². The van der Waals surface area contributed by atoms with Crippen LogP contribution in [0.3, 0.4) is 0 Å². The number of nitrogens with zero attached hydrogens (tertiary/aromatic N) is 1. The lowest BCUT2D eigenvalue weighted by atomic mass is 10.1. The number of benzene rings is 2. The Morgan fingerprint density at radius 1 is 1.26 bits per heavy atom. The van der Waals surface area contributed by atoms with E-state index in [1.54, 1.807) is 25.2 Å². The van der Waals surface area contributed by atoms with Gasteiger partial charge in [-0.25, -0.2) is 13.1 Å². The first-order valence-electron chi connectivity index (χ1n) is 7.99. The summed E-state index contributed by atoms with van der Waals surface area (Å²) < 4.78 is 27.6. The molecule has 0 spiro atoms. The SMILES string of the molecule is CN1C(=O)c2cccc3c(S(=O)(=O)N[C@H](CCC(N)=O)C(=O)[O-])ccc1c23. The van der Waals surface area contributed by atoms with Gasteiger partial charge in [0.1, 0.15) is 0 Å². The summed E-state index contributed by atoms with van der Waals surface area (Å²) in [6.45, 7) is 0. The third kappa shape index (κ3) is 3.24. The number of amides is 2. The molecule has 0 bridgehead atoms. The standard InChI is InChI=1S/C17H17N3O6S/c1-20-12-6-7-13(9-3-2-4-10(15(9)12)16(20)22)27(25,26)19-11(17(23)24)5-8-14(18)21/h2-4,6-7,11,19H,5,8H2,1H3,(H2,18,21)(H,23,24)/p-1/t11-/m1/s1. The lowest BCUT2D eigenvalue weighted by Crippen LogP contribution is -2.48. The highest BCUT2D eigenvalue weighted by atomic mass is 32.2. The summed E-state index contributed by atoms with van der Waals surface area (Å²) in [7, 11) is -2.69. The van der Waals surface area contributed by atoms with E-state index in [1.807, 2.05) is 4.72 Å². The first kappa shape index (κ1) is 18.8. The van der Waals surface area contributed by atoms with E-state index in [4.69, 9.17) is 5.73 Å². The Labute approximate surface area is 154 Å². The summed E-state index contributed by atoms with van der Waals surface area (Å²) in [5, 5.41) is 12.0. The molecule has 1 aliphatic rings. The summed E-state index contributed by atoms with van der Waals surface area (Å²) in [6.07, 6.45) is -0.649. The van der Waals surface area contributed by atoms with Crippen LogP contribution < -0.4 is 20.5 Å². The molecule has 2 aromatic carbocycles. The van der Waals surface area contributed by atoms with Crippen molar-refractivity contribution in [2.75, 3.05) is 11.9 Å². The molecule has 1 atom stereocenters. The maximum atomic E-state index is 12.8. The highest BCUT2D eigenvalue weighted by Gasteiger charge is 2.31. The quantitative estimate of drug-likeness (QED) is 0.625. The highest BCUT2D eigenvalue weighted by molar-refractivity contribution is 7.89. The smallest absolute Gasteiger partial charge is 0.258 e. The Bertz CT molecular complexity index is 1080. The Morgan fingerprint density at radius 2 is 1.96 bits per heavy atom. The minimum Gasteiger partial charge on any atom is -0.548 e. The van der Waals surface area contributed by atoms with E-state index in [-0.39, 0.29) is 23.6 Å². The summed E-state index contributed by atoms with van der Waals surface area (Å²) in [6, 6.07) is 5.87. The predicted octanol–water partition coefficient (Wildman–Crippen LogP) is -0.908. The van der Waals surface area contributed by atoms with Crippen molar-refractivity contribution in [3.63, 3.8) is 0 Å². The number of rotatable bonds is 7. The van der Waals surface area contributed by atoms with Gasteiger partial charge in [0.25, 0.3) is 5.91 Å². The predicted molar refractivity (Wildman–Crippen MR) is 94.2 cm³/mol. The number of sulfonamides is 1. The van der Waals surface area contributed by atoms with Crippen LogP contribution in [0.1, 0.15) is 23.2 Å². The van der Waals surface area contributed by atoms with E-state index in [0.29, 0.717) is 22.0 Å². The average molecular weight is 390 g/mol. The van der Waals surface area contributed by atoms with Crippen LogP contribution in [0, 0.1) is 0 Å². The van der Waals surface area contributed by atoms with Crippen LogP contribution in [-0.2, 0) is 19.6 Å². The van der Waals surface area contributed by atoms with Crippen LogP contribution in [0.25, 0.3) is 10.8 Å². The van der Waals surface area contributed by atoms with Crippen LogP contribution in [0.5, 0.6) is 0 Å². The number of hydrogen-bond donors (Lipinski definition) is 2. The second-order valence-electron chi connectivity index (χ2n) is 6.17. The van der Waals surface area contributed by atoms with E-state index < -0.39 is 27.9 Å². The van der Waals surface area contributed by atoms with Gasteiger partial charge in [-0.15, -0.1) is 0 Å². The van der Waals surface area contributed by atoms with Crippen molar-refractivity contribution in [1.29, 1.82) is 0 Å². The van der Waals surface area contributed by atoms with Gasteiger partial charge in [-0.05, 0) is 24.6 Å². The summed E-state index contributed by atoms with van der Waals surface area (Å²) in [5.74, 6) is -2.68. The van der Waals surface area contributed by atoms with Crippen molar-refractivity contribution in [2.45, 2.75) is 23.8 Å². The van der Waals surface area contributed by atoms with E-state index >= 15 is 0 Å². The van der Waals surface area contributed by atoms with Gasteiger partial charge in [0, 0.05) is 29.8 Å². The molecule has 1 aliphatic heterocycles. The molecule has 0 radical (unpaired) electrons. The number of hydrogen-bond acceptors (Lipinski definition) is 6. The van der Waals surface area contributed by atoms with E-state index in [0.717, 1.165) is 0 Å². The number of carbonyl (C=O) groups excluding carboxylic acids is 3. The fourth-order valence-electron chi connectivity index (χ4n) is 3.11. The molecular weight excluding hydrogens is 374 g/mol. The third-order valence-electron chi connectivity index (χ3n) is 4.43. The summed E-state index contributed by atoms with van der Waals surface area (Å²) in [5.41, 5.74) is 5.92. The average Bonchev–Trinajstić information content (AvgIpc) is 2.85. The van der Waals surface area contributed by atoms with Crippen molar-refractivity contribution >= 4 is 44.3 Å². The third-order valence-corrected chi connectivity index (χ3v) is 5.96. The first-order valence-corrected chi connectivity index (χ1v) is 9.47. The van der Waals surface area contributed by atoms with Gasteiger partial charge < -0.3 is 20.5 Å². The molecule has 0 saturated carbocycles. The largest absolute Gasteiger partial charge is 0.548 e. The van der Waals surface area contributed by atoms with Crippen molar-refractivity contribution in [1.82, 2.24) is 4.72 Å². The summed E-state index contributed by atoms with van der Waals surface area (Å²) in [4.78, 5) is 35.7. The molecule has 0 fully saturated rings. The number of carbonyl (C=O) groups is 3. The van der Waals surface area contributed by atoms with Gasteiger partial charge >= 0.3 is 0 Å².